The molecular formula is C20H31ClN3O+. The maximum Gasteiger partial charge on any atom is 0.275 e. The molecule has 1 aromatic rings. The van der Waals surface area contributed by atoms with Gasteiger partial charge in [-0.1, -0.05) is 37.4 Å². The van der Waals surface area contributed by atoms with Gasteiger partial charge in [0, 0.05) is 16.8 Å². The number of anilines is 1. The number of nitrogens with zero attached hydrogens (tertiary/aromatic N) is 1. The van der Waals surface area contributed by atoms with Crippen LogP contribution in [-0.2, 0) is 4.79 Å². The summed E-state index contributed by atoms with van der Waals surface area (Å²) in [6.07, 6.45) is 4.95. The van der Waals surface area contributed by atoms with Crippen LogP contribution in [0.4, 0.5) is 5.69 Å². The SMILES string of the molecule is Cc1ccc(Cl)cc1N1CC[NH+](CC(=O)N[C@@H]2CCCC[C@H]2C)CC1. The Bertz CT molecular complexity index is 599. The third-order valence-electron chi connectivity index (χ3n) is 5.85. The van der Waals surface area contributed by atoms with E-state index in [0.29, 0.717) is 18.5 Å². The maximum absolute atomic E-state index is 12.4. The first kappa shape index (κ1) is 18.5. The van der Waals surface area contributed by atoms with Crippen molar-refractivity contribution in [3.8, 4) is 0 Å². The molecule has 3 rings (SSSR count). The molecule has 1 aromatic carbocycles. The molecule has 0 radical (unpaired) electrons. The van der Waals surface area contributed by atoms with Crippen molar-refractivity contribution in [3.05, 3.63) is 28.8 Å². The molecule has 1 amide bonds. The number of amides is 1. The standard InChI is InChI=1S/C20H30ClN3O/c1-15-5-3-4-6-18(15)22-20(25)14-23-9-11-24(12-10-23)19-13-17(21)8-7-16(19)2/h7-8,13,15,18H,3-6,9-12,14H2,1-2H3,(H,22,25)/p+1/t15-,18-/m1/s1. The van der Waals surface area contributed by atoms with Gasteiger partial charge in [0.15, 0.2) is 6.54 Å². The van der Waals surface area contributed by atoms with Gasteiger partial charge in [0.25, 0.3) is 5.91 Å². The van der Waals surface area contributed by atoms with E-state index in [2.05, 4.69) is 36.2 Å². The summed E-state index contributed by atoms with van der Waals surface area (Å²) in [6, 6.07) is 6.46. The Morgan fingerprint density at radius 3 is 2.72 bits per heavy atom. The van der Waals surface area contributed by atoms with Crippen LogP contribution in [0.5, 0.6) is 0 Å². The first-order valence-corrected chi connectivity index (χ1v) is 10.0. The van der Waals surface area contributed by atoms with Gasteiger partial charge in [-0.25, -0.2) is 0 Å². The molecule has 2 aliphatic rings. The van der Waals surface area contributed by atoms with Crippen LogP contribution in [0.1, 0.15) is 38.2 Å². The number of nitrogens with one attached hydrogen (secondary N) is 2. The summed E-state index contributed by atoms with van der Waals surface area (Å²) in [7, 11) is 0. The number of piperazine rings is 1. The molecule has 2 fully saturated rings. The summed E-state index contributed by atoms with van der Waals surface area (Å²) in [4.78, 5) is 16.2. The average molecular weight is 365 g/mol. The molecule has 5 heteroatoms. The number of hydrogen-bond acceptors (Lipinski definition) is 2. The second-order valence-corrected chi connectivity index (χ2v) is 8.22. The first-order valence-electron chi connectivity index (χ1n) is 9.67. The third kappa shape index (κ3) is 4.89. The van der Waals surface area contributed by atoms with E-state index in [4.69, 9.17) is 11.6 Å². The van der Waals surface area contributed by atoms with Crippen LogP contribution in [0.15, 0.2) is 18.2 Å². The molecule has 25 heavy (non-hydrogen) atoms. The predicted molar refractivity (Wildman–Crippen MR) is 104 cm³/mol. The summed E-state index contributed by atoms with van der Waals surface area (Å²) < 4.78 is 0. The number of benzene rings is 1. The lowest BCUT2D eigenvalue weighted by Crippen LogP contribution is -3.16. The fourth-order valence-corrected chi connectivity index (χ4v) is 4.35. The number of aryl methyl sites for hydroxylation is 1. The number of hydrogen-bond donors (Lipinski definition) is 2. The van der Waals surface area contributed by atoms with Crippen LogP contribution in [0.2, 0.25) is 5.02 Å². The minimum Gasteiger partial charge on any atom is -0.360 e. The molecule has 4 nitrogen and oxygen atoms in total. The molecule has 1 heterocycles. The fourth-order valence-electron chi connectivity index (χ4n) is 4.18. The van der Waals surface area contributed by atoms with E-state index in [1.54, 1.807) is 0 Å². The van der Waals surface area contributed by atoms with Gasteiger partial charge in [0.1, 0.15) is 0 Å². The van der Waals surface area contributed by atoms with Crippen molar-refractivity contribution < 1.29 is 9.69 Å². The minimum atomic E-state index is 0.223. The third-order valence-corrected chi connectivity index (χ3v) is 6.09. The van der Waals surface area contributed by atoms with Gasteiger partial charge in [0.05, 0.1) is 26.2 Å². The number of rotatable bonds is 4. The van der Waals surface area contributed by atoms with Gasteiger partial charge >= 0.3 is 0 Å². The molecule has 0 spiro atoms. The van der Waals surface area contributed by atoms with Gasteiger partial charge in [-0.15, -0.1) is 0 Å². The molecule has 2 N–H and O–H groups in total. The quantitative estimate of drug-likeness (QED) is 0.858. The lowest BCUT2D eigenvalue weighted by atomic mass is 9.86. The Kier molecular flexibility index (Phi) is 6.24. The molecule has 1 saturated heterocycles. The van der Waals surface area contributed by atoms with E-state index in [-0.39, 0.29) is 5.91 Å². The highest BCUT2D eigenvalue weighted by atomic mass is 35.5. The van der Waals surface area contributed by atoms with E-state index in [1.165, 1.54) is 35.4 Å². The van der Waals surface area contributed by atoms with E-state index >= 15 is 0 Å². The van der Waals surface area contributed by atoms with Crippen LogP contribution in [0, 0.1) is 12.8 Å². The Balaban J connectivity index is 1.47. The Hall–Kier alpha value is -1.26. The topological polar surface area (TPSA) is 36.8 Å². The zero-order valence-corrected chi connectivity index (χ0v) is 16.2. The summed E-state index contributed by atoms with van der Waals surface area (Å²) in [6.45, 7) is 8.95. The highest BCUT2D eigenvalue weighted by Crippen LogP contribution is 2.24. The summed E-state index contributed by atoms with van der Waals surface area (Å²) in [5.74, 6) is 0.844. The number of halogens is 1. The molecule has 0 bridgehead atoms. The molecule has 1 aliphatic heterocycles. The van der Waals surface area contributed by atoms with E-state index < -0.39 is 0 Å². The number of quaternary nitrogens is 1. The van der Waals surface area contributed by atoms with Crippen LogP contribution < -0.4 is 15.1 Å². The predicted octanol–water partition coefficient (Wildman–Crippen LogP) is 2.05. The minimum absolute atomic E-state index is 0.223. The lowest BCUT2D eigenvalue weighted by Gasteiger charge is -2.35. The van der Waals surface area contributed by atoms with Crippen molar-refractivity contribution in [1.82, 2.24) is 5.32 Å². The summed E-state index contributed by atoms with van der Waals surface area (Å²) >= 11 is 6.15. The lowest BCUT2D eigenvalue weighted by molar-refractivity contribution is -0.892. The molecule has 1 saturated carbocycles. The average Bonchev–Trinajstić information content (AvgIpc) is 2.60. The monoisotopic (exact) mass is 364 g/mol. The van der Waals surface area contributed by atoms with Gasteiger partial charge in [0.2, 0.25) is 0 Å². The zero-order valence-electron chi connectivity index (χ0n) is 15.5. The number of carbonyl (C=O) groups is 1. The van der Waals surface area contributed by atoms with Crippen LogP contribution in [0.25, 0.3) is 0 Å². The fraction of sp³-hybridized carbons (Fsp3) is 0.650. The van der Waals surface area contributed by atoms with Crippen LogP contribution in [0.3, 0.4) is 0 Å². The second-order valence-electron chi connectivity index (χ2n) is 7.78. The molecule has 0 aromatic heterocycles. The Labute approximate surface area is 156 Å². The molecule has 138 valence electrons. The van der Waals surface area contributed by atoms with Crippen molar-refractivity contribution >= 4 is 23.2 Å². The zero-order chi connectivity index (χ0) is 17.8. The van der Waals surface area contributed by atoms with Crippen LogP contribution in [-0.4, -0.2) is 44.7 Å². The van der Waals surface area contributed by atoms with Crippen molar-refractivity contribution in [2.75, 3.05) is 37.6 Å². The van der Waals surface area contributed by atoms with Crippen molar-refractivity contribution in [1.29, 1.82) is 0 Å². The molecule has 2 atom stereocenters. The first-order chi connectivity index (χ1) is 12.0. The van der Waals surface area contributed by atoms with Gasteiger partial charge in [-0.3, -0.25) is 4.79 Å². The van der Waals surface area contributed by atoms with Gasteiger partial charge < -0.3 is 15.1 Å². The van der Waals surface area contributed by atoms with Crippen molar-refractivity contribution in [2.24, 2.45) is 5.92 Å². The highest BCUT2D eigenvalue weighted by Gasteiger charge is 2.26. The molecule has 1 aliphatic carbocycles. The molecule has 0 unspecified atom stereocenters. The second kappa shape index (κ2) is 8.41. The highest BCUT2D eigenvalue weighted by molar-refractivity contribution is 6.30. The Morgan fingerprint density at radius 1 is 1.28 bits per heavy atom. The van der Waals surface area contributed by atoms with E-state index in [0.717, 1.165) is 37.6 Å². The van der Waals surface area contributed by atoms with Crippen molar-refractivity contribution in [2.45, 2.75) is 45.6 Å². The van der Waals surface area contributed by atoms with Crippen molar-refractivity contribution in [3.63, 3.8) is 0 Å². The van der Waals surface area contributed by atoms with Gasteiger partial charge in [-0.05, 0) is 43.4 Å². The normalized spacial score (nSPS) is 25.0. The smallest absolute Gasteiger partial charge is 0.275 e. The summed E-state index contributed by atoms with van der Waals surface area (Å²) in [5.41, 5.74) is 2.49. The Morgan fingerprint density at radius 2 is 2.00 bits per heavy atom. The van der Waals surface area contributed by atoms with E-state index in [1.807, 2.05) is 6.07 Å². The van der Waals surface area contributed by atoms with Gasteiger partial charge in [-0.2, -0.15) is 0 Å². The van der Waals surface area contributed by atoms with Crippen LogP contribution >= 0.6 is 11.6 Å². The summed E-state index contributed by atoms with van der Waals surface area (Å²) in [5, 5.41) is 4.07. The van der Waals surface area contributed by atoms with E-state index in [9.17, 15) is 4.79 Å². The number of carbonyl (C=O) groups excluding carboxylic acids is 1. The largest absolute Gasteiger partial charge is 0.360 e. The maximum atomic E-state index is 12.4. The molecular weight excluding hydrogens is 334 g/mol.